The number of nitrogens with one attached hydrogen (secondary N) is 3. The van der Waals surface area contributed by atoms with E-state index in [0.717, 1.165) is 37.3 Å². The lowest BCUT2D eigenvalue weighted by molar-refractivity contribution is -0.136. The van der Waals surface area contributed by atoms with Gasteiger partial charge in [-0.25, -0.2) is 0 Å². The number of carbonyl (C=O) groups excluding carboxylic acids is 3. The molecule has 1 atom stereocenters. The van der Waals surface area contributed by atoms with Gasteiger partial charge in [0.2, 0.25) is 11.8 Å². The van der Waals surface area contributed by atoms with Crippen molar-refractivity contribution in [2.75, 3.05) is 19.6 Å². The van der Waals surface area contributed by atoms with Gasteiger partial charge in [-0.15, -0.1) is 0 Å². The Labute approximate surface area is 165 Å². The van der Waals surface area contributed by atoms with Crippen LogP contribution in [-0.4, -0.2) is 48.3 Å². The Morgan fingerprint density at radius 1 is 1.21 bits per heavy atom. The molecule has 3 aliphatic heterocycles. The number of hydrogen-bond acceptors (Lipinski definition) is 5. The predicted octanol–water partition coefficient (Wildman–Crippen LogP) is 0.927. The molecule has 7 nitrogen and oxygen atoms in total. The first-order valence-electron chi connectivity index (χ1n) is 10.1. The molecule has 0 spiro atoms. The van der Waals surface area contributed by atoms with E-state index in [4.69, 9.17) is 0 Å². The second-order valence-corrected chi connectivity index (χ2v) is 8.56. The number of nitrogens with zero attached hydrogens (tertiary/aromatic N) is 1. The van der Waals surface area contributed by atoms with E-state index in [0.29, 0.717) is 23.9 Å². The molecule has 2 saturated heterocycles. The van der Waals surface area contributed by atoms with Gasteiger partial charge >= 0.3 is 0 Å². The summed E-state index contributed by atoms with van der Waals surface area (Å²) in [4.78, 5) is 37.8. The molecule has 0 aliphatic carbocycles. The Hall–Kier alpha value is -2.25. The quantitative estimate of drug-likeness (QED) is 0.657. The molecule has 0 saturated carbocycles. The van der Waals surface area contributed by atoms with E-state index in [1.165, 1.54) is 12.8 Å². The van der Waals surface area contributed by atoms with Crippen LogP contribution in [0.2, 0.25) is 0 Å². The van der Waals surface area contributed by atoms with Crippen molar-refractivity contribution in [2.45, 2.75) is 51.7 Å². The highest BCUT2D eigenvalue weighted by atomic mass is 16.2. The summed E-state index contributed by atoms with van der Waals surface area (Å²) in [6.45, 7) is 6.67. The van der Waals surface area contributed by atoms with Gasteiger partial charge in [0, 0.05) is 31.6 Å². The van der Waals surface area contributed by atoms with Crippen LogP contribution >= 0.6 is 0 Å². The first-order chi connectivity index (χ1) is 13.5. The number of benzene rings is 1. The first kappa shape index (κ1) is 19.1. The zero-order valence-corrected chi connectivity index (χ0v) is 16.3. The van der Waals surface area contributed by atoms with Gasteiger partial charge in [-0.3, -0.25) is 19.7 Å². The second kappa shape index (κ2) is 7.64. The van der Waals surface area contributed by atoms with Crippen LogP contribution in [0, 0.1) is 5.41 Å². The van der Waals surface area contributed by atoms with Crippen molar-refractivity contribution >= 4 is 17.7 Å². The highest BCUT2D eigenvalue weighted by Gasteiger charge is 2.39. The van der Waals surface area contributed by atoms with Gasteiger partial charge in [0.05, 0.1) is 0 Å². The molecule has 4 rings (SSSR count). The average molecular weight is 384 g/mol. The molecule has 3 amide bonds. The Morgan fingerprint density at radius 3 is 2.75 bits per heavy atom. The minimum absolute atomic E-state index is 0.119. The van der Waals surface area contributed by atoms with Crippen molar-refractivity contribution in [1.29, 1.82) is 0 Å². The molecule has 0 aromatic heterocycles. The topological polar surface area (TPSA) is 90.5 Å². The average Bonchev–Trinajstić information content (AvgIpc) is 2.98. The molecule has 7 heteroatoms. The van der Waals surface area contributed by atoms with E-state index in [-0.39, 0.29) is 24.1 Å². The van der Waals surface area contributed by atoms with Gasteiger partial charge in [-0.2, -0.15) is 0 Å². The SMILES string of the molecule is CC1(CNCc2ccc3c(c2)CN(C2CCC(=O)NC2=O)C3=O)CCNCC1. The molecular weight excluding hydrogens is 356 g/mol. The van der Waals surface area contributed by atoms with Crippen molar-refractivity contribution in [1.82, 2.24) is 20.9 Å². The van der Waals surface area contributed by atoms with E-state index in [9.17, 15) is 14.4 Å². The number of fused-ring (bicyclic) bond motifs is 1. The predicted molar refractivity (Wildman–Crippen MR) is 104 cm³/mol. The van der Waals surface area contributed by atoms with Crippen molar-refractivity contribution in [2.24, 2.45) is 5.41 Å². The van der Waals surface area contributed by atoms with E-state index in [1.54, 1.807) is 4.90 Å². The fraction of sp³-hybridized carbons (Fsp3) is 0.571. The minimum Gasteiger partial charge on any atom is -0.322 e. The third-order valence-corrected chi connectivity index (χ3v) is 6.28. The fourth-order valence-corrected chi connectivity index (χ4v) is 4.45. The van der Waals surface area contributed by atoms with E-state index in [1.807, 2.05) is 12.1 Å². The monoisotopic (exact) mass is 384 g/mol. The molecule has 150 valence electrons. The molecular formula is C21H28N4O3. The molecule has 28 heavy (non-hydrogen) atoms. The maximum Gasteiger partial charge on any atom is 0.255 e. The maximum atomic E-state index is 12.7. The summed E-state index contributed by atoms with van der Waals surface area (Å²) >= 11 is 0. The van der Waals surface area contributed by atoms with Crippen molar-refractivity contribution < 1.29 is 14.4 Å². The van der Waals surface area contributed by atoms with E-state index < -0.39 is 6.04 Å². The Balaban J connectivity index is 1.38. The molecule has 2 fully saturated rings. The summed E-state index contributed by atoms with van der Waals surface area (Å²) in [5.41, 5.74) is 3.11. The smallest absolute Gasteiger partial charge is 0.255 e. The van der Waals surface area contributed by atoms with Crippen LogP contribution in [0.15, 0.2) is 18.2 Å². The number of imide groups is 1. The molecule has 1 aromatic carbocycles. The molecule has 3 N–H and O–H groups in total. The number of carbonyl (C=O) groups is 3. The van der Waals surface area contributed by atoms with Gasteiger partial charge in [-0.1, -0.05) is 19.1 Å². The lowest BCUT2D eigenvalue weighted by Crippen LogP contribution is -2.52. The summed E-state index contributed by atoms with van der Waals surface area (Å²) in [6, 6.07) is 5.37. The third kappa shape index (κ3) is 3.82. The Bertz CT molecular complexity index is 801. The zero-order valence-electron chi connectivity index (χ0n) is 16.3. The second-order valence-electron chi connectivity index (χ2n) is 8.56. The normalized spacial score (nSPS) is 24.2. The van der Waals surface area contributed by atoms with Gasteiger partial charge < -0.3 is 15.5 Å². The Kier molecular flexibility index (Phi) is 5.21. The van der Waals surface area contributed by atoms with Crippen molar-refractivity contribution in [3.63, 3.8) is 0 Å². The molecule has 1 aromatic rings. The summed E-state index contributed by atoms with van der Waals surface area (Å²) in [6.07, 6.45) is 3.03. The number of piperidine rings is 2. The number of rotatable bonds is 5. The largest absolute Gasteiger partial charge is 0.322 e. The zero-order chi connectivity index (χ0) is 19.7. The highest BCUT2D eigenvalue weighted by Crippen LogP contribution is 2.29. The maximum absolute atomic E-state index is 12.7. The molecule has 0 radical (unpaired) electrons. The first-order valence-corrected chi connectivity index (χ1v) is 10.1. The summed E-state index contributed by atoms with van der Waals surface area (Å²) in [5.74, 6) is -0.748. The van der Waals surface area contributed by atoms with Crippen LogP contribution in [0.3, 0.4) is 0 Å². The van der Waals surface area contributed by atoms with Crippen LogP contribution < -0.4 is 16.0 Å². The molecule has 3 aliphatic rings. The van der Waals surface area contributed by atoms with Gasteiger partial charge in [-0.05, 0) is 55.0 Å². The molecule has 0 bridgehead atoms. The van der Waals surface area contributed by atoms with E-state index >= 15 is 0 Å². The highest BCUT2D eigenvalue weighted by molar-refractivity contribution is 6.05. The van der Waals surface area contributed by atoms with Gasteiger partial charge in [0.1, 0.15) is 6.04 Å². The van der Waals surface area contributed by atoms with Gasteiger partial charge in [0.25, 0.3) is 5.91 Å². The number of amides is 3. The minimum atomic E-state index is -0.556. The van der Waals surface area contributed by atoms with Crippen molar-refractivity contribution in [3.05, 3.63) is 34.9 Å². The lowest BCUT2D eigenvalue weighted by Gasteiger charge is -2.34. The molecule has 3 heterocycles. The number of hydrogen-bond donors (Lipinski definition) is 3. The van der Waals surface area contributed by atoms with Crippen LogP contribution in [0.5, 0.6) is 0 Å². The van der Waals surface area contributed by atoms with Crippen LogP contribution in [0.4, 0.5) is 0 Å². The van der Waals surface area contributed by atoms with Crippen LogP contribution in [0.1, 0.15) is 54.1 Å². The fourth-order valence-electron chi connectivity index (χ4n) is 4.45. The Morgan fingerprint density at radius 2 is 2.00 bits per heavy atom. The summed E-state index contributed by atoms with van der Waals surface area (Å²) in [5, 5.41) is 9.32. The van der Waals surface area contributed by atoms with E-state index in [2.05, 4.69) is 28.9 Å². The van der Waals surface area contributed by atoms with Gasteiger partial charge in [0.15, 0.2) is 0 Å². The van der Waals surface area contributed by atoms with Crippen LogP contribution in [-0.2, 0) is 22.7 Å². The van der Waals surface area contributed by atoms with Crippen LogP contribution in [0.25, 0.3) is 0 Å². The molecule has 1 unspecified atom stereocenters. The summed E-state index contributed by atoms with van der Waals surface area (Å²) in [7, 11) is 0. The van der Waals surface area contributed by atoms with Crippen molar-refractivity contribution in [3.8, 4) is 0 Å². The summed E-state index contributed by atoms with van der Waals surface area (Å²) < 4.78 is 0. The third-order valence-electron chi connectivity index (χ3n) is 6.28. The lowest BCUT2D eigenvalue weighted by atomic mass is 9.81. The standard InChI is InChI=1S/C21H28N4O3/c1-21(6-8-22-9-7-21)13-23-11-14-2-3-16-15(10-14)12-25(20(16)28)17-4-5-18(26)24-19(17)27/h2-3,10,17,22-23H,4-9,11-13H2,1H3,(H,24,26,27).